The van der Waals surface area contributed by atoms with Crippen molar-refractivity contribution in [3.05, 3.63) is 65.2 Å². The number of pyridine rings is 1. The summed E-state index contributed by atoms with van der Waals surface area (Å²) in [4.78, 5) is 24.0. The van der Waals surface area contributed by atoms with Gasteiger partial charge in [0.2, 0.25) is 5.91 Å². The summed E-state index contributed by atoms with van der Waals surface area (Å²) in [7, 11) is 0. The van der Waals surface area contributed by atoms with E-state index in [1.165, 1.54) is 5.56 Å². The number of halogens is 1. The molecule has 0 aliphatic carbocycles. The number of carbonyl (C=O) groups is 1. The molecule has 1 amide bonds. The van der Waals surface area contributed by atoms with Gasteiger partial charge in [0.05, 0.1) is 28.9 Å². The minimum Gasteiger partial charge on any atom is -0.456 e. The van der Waals surface area contributed by atoms with Crippen molar-refractivity contribution < 1.29 is 19.0 Å². The Balaban J connectivity index is 1.10. The number of ether oxygens (including phenoxy) is 3. The van der Waals surface area contributed by atoms with Crippen molar-refractivity contribution >= 4 is 28.7 Å². The van der Waals surface area contributed by atoms with Gasteiger partial charge in [-0.3, -0.25) is 4.79 Å². The number of aromatic amines is 1. The summed E-state index contributed by atoms with van der Waals surface area (Å²) in [5, 5.41) is 3.43. The zero-order chi connectivity index (χ0) is 24.9. The quantitative estimate of drug-likeness (QED) is 0.406. The van der Waals surface area contributed by atoms with E-state index in [1.54, 1.807) is 0 Å². The van der Waals surface area contributed by atoms with Gasteiger partial charge in [-0.15, -0.1) is 0 Å². The van der Waals surface area contributed by atoms with Gasteiger partial charge >= 0.3 is 0 Å². The molecule has 4 aromatic rings. The molecule has 3 aliphatic rings. The largest absolute Gasteiger partial charge is 0.456 e. The number of imidazole rings is 1. The van der Waals surface area contributed by atoms with Gasteiger partial charge in [0.25, 0.3) is 6.01 Å². The van der Waals surface area contributed by atoms with E-state index in [1.807, 2.05) is 18.2 Å². The van der Waals surface area contributed by atoms with E-state index in [0.717, 1.165) is 23.1 Å². The van der Waals surface area contributed by atoms with Crippen molar-refractivity contribution in [1.82, 2.24) is 20.3 Å². The van der Waals surface area contributed by atoms with Crippen LogP contribution in [0.3, 0.4) is 0 Å². The minimum atomic E-state index is -0.193. The monoisotopic (exact) mass is 516 g/mol. The van der Waals surface area contributed by atoms with Gasteiger partial charge in [0.1, 0.15) is 6.10 Å². The lowest BCUT2D eigenvalue weighted by atomic mass is 9.95. The van der Waals surface area contributed by atoms with Crippen LogP contribution >= 0.6 is 11.6 Å². The van der Waals surface area contributed by atoms with Crippen molar-refractivity contribution in [3.63, 3.8) is 0 Å². The fourth-order valence-corrected chi connectivity index (χ4v) is 5.70. The second kappa shape index (κ2) is 9.13. The molecule has 0 bridgehead atoms. The van der Waals surface area contributed by atoms with Gasteiger partial charge in [-0.2, -0.15) is 4.98 Å². The summed E-state index contributed by atoms with van der Waals surface area (Å²) >= 11 is 6.62. The standard InChI is InChI=1S/C28H25ClN4O4/c29-20-12-21-27(33-28(31-21)37-23-14-36-22-9-10-35-26(22)23)32-25(20)18-7-5-16(6-8-18)15-1-3-17(4-2-15)19-11-24(34)30-13-19/h1-8,12,19,22-23,26H,9-11,13-14H2,(H,30,34)(H,31,32,33)/t19?,22-,23?,26+/m1/s1. The summed E-state index contributed by atoms with van der Waals surface area (Å²) in [5.74, 6) is 0.369. The highest BCUT2D eigenvalue weighted by atomic mass is 35.5. The number of hydrogen-bond acceptors (Lipinski definition) is 6. The van der Waals surface area contributed by atoms with Crippen LogP contribution in [0.5, 0.6) is 6.01 Å². The van der Waals surface area contributed by atoms with E-state index in [4.69, 9.17) is 30.8 Å². The van der Waals surface area contributed by atoms with Crippen LogP contribution in [0.15, 0.2) is 54.6 Å². The Morgan fingerprint density at radius 2 is 1.73 bits per heavy atom. The summed E-state index contributed by atoms with van der Waals surface area (Å²) in [5.41, 5.74) is 6.20. The van der Waals surface area contributed by atoms with Crippen LogP contribution < -0.4 is 10.1 Å². The third-order valence-electron chi connectivity index (χ3n) is 7.44. The molecule has 7 rings (SSSR count). The summed E-state index contributed by atoms with van der Waals surface area (Å²) in [6, 6.07) is 18.8. The zero-order valence-corrected chi connectivity index (χ0v) is 20.7. The molecule has 5 heterocycles. The average molecular weight is 517 g/mol. The van der Waals surface area contributed by atoms with E-state index >= 15 is 0 Å². The maximum Gasteiger partial charge on any atom is 0.296 e. The fraction of sp³-hybridized carbons (Fsp3) is 0.321. The third kappa shape index (κ3) is 4.25. The average Bonchev–Trinajstić information content (AvgIpc) is 3.70. The smallest absolute Gasteiger partial charge is 0.296 e. The van der Waals surface area contributed by atoms with Crippen LogP contribution in [-0.4, -0.2) is 58.9 Å². The Labute approximate surface area is 218 Å². The minimum absolute atomic E-state index is 0.0565. The van der Waals surface area contributed by atoms with Gasteiger partial charge in [-0.1, -0.05) is 60.1 Å². The number of rotatable bonds is 5. The van der Waals surface area contributed by atoms with Gasteiger partial charge in [-0.05, 0) is 29.2 Å². The van der Waals surface area contributed by atoms with Crippen LogP contribution in [0.25, 0.3) is 33.5 Å². The highest BCUT2D eigenvalue weighted by Gasteiger charge is 2.43. The molecule has 0 spiro atoms. The molecule has 0 radical (unpaired) electrons. The van der Waals surface area contributed by atoms with Crippen LogP contribution in [0, 0.1) is 0 Å². The molecule has 8 nitrogen and oxygen atoms in total. The molecule has 2 unspecified atom stereocenters. The molecule has 188 valence electrons. The first kappa shape index (κ1) is 22.7. The Kier molecular flexibility index (Phi) is 5.61. The maximum atomic E-state index is 11.5. The van der Waals surface area contributed by atoms with E-state index in [2.05, 4.69) is 51.7 Å². The second-order valence-corrected chi connectivity index (χ2v) is 10.2. The first-order valence-corrected chi connectivity index (χ1v) is 12.9. The number of amides is 1. The van der Waals surface area contributed by atoms with Crippen molar-refractivity contribution in [1.29, 1.82) is 0 Å². The molecule has 9 heteroatoms. The Morgan fingerprint density at radius 1 is 0.973 bits per heavy atom. The number of nitrogens with one attached hydrogen (secondary N) is 2. The van der Waals surface area contributed by atoms with Gasteiger partial charge < -0.3 is 24.5 Å². The number of fused-ring (bicyclic) bond motifs is 2. The van der Waals surface area contributed by atoms with Crippen LogP contribution in [-0.2, 0) is 14.3 Å². The number of benzene rings is 2. The van der Waals surface area contributed by atoms with Crippen LogP contribution in [0.4, 0.5) is 0 Å². The summed E-state index contributed by atoms with van der Waals surface area (Å²) in [6.45, 7) is 1.89. The topological polar surface area (TPSA) is 98.4 Å². The number of carbonyl (C=O) groups excluding carboxylic acids is 1. The lowest BCUT2D eigenvalue weighted by Gasteiger charge is -2.15. The molecular formula is C28H25ClN4O4. The Bertz CT molecular complexity index is 1470. The highest BCUT2D eigenvalue weighted by Crippen LogP contribution is 2.33. The molecule has 3 saturated heterocycles. The molecular weight excluding hydrogens is 492 g/mol. The van der Waals surface area contributed by atoms with Crippen LogP contribution in [0.2, 0.25) is 5.02 Å². The second-order valence-electron chi connectivity index (χ2n) is 9.79. The Hall–Kier alpha value is -3.46. The van der Waals surface area contributed by atoms with Crippen LogP contribution in [0.1, 0.15) is 24.3 Å². The predicted octanol–water partition coefficient (Wildman–Crippen LogP) is 4.48. The summed E-state index contributed by atoms with van der Waals surface area (Å²) in [6.07, 6.45) is 1.31. The number of nitrogens with zero attached hydrogens (tertiary/aromatic N) is 2. The molecule has 3 aliphatic heterocycles. The SMILES string of the molecule is O=C1CC(c2ccc(-c3ccc(-c4nc5nc(OC6CO[C@@H]7CCO[C@H]67)[nH]c5cc4Cl)cc3)cc2)CN1. The highest BCUT2D eigenvalue weighted by molar-refractivity contribution is 6.33. The fourth-order valence-electron chi connectivity index (χ4n) is 5.44. The van der Waals surface area contributed by atoms with E-state index in [0.29, 0.717) is 54.1 Å². The number of hydrogen-bond donors (Lipinski definition) is 2. The molecule has 37 heavy (non-hydrogen) atoms. The first-order valence-electron chi connectivity index (χ1n) is 12.5. The number of aromatic nitrogens is 3. The normalized spacial score (nSPS) is 24.9. The van der Waals surface area contributed by atoms with Crippen molar-refractivity contribution in [3.8, 4) is 28.4 Å². The summed E-state index contributed by atoms with van der Waals surface area (Å²) < 4.78 is 17.6. The Morgan fingerprint density at radius 3 is 2.49 bits per heavy atom. The first-order chi connectivity index (χ1) is 18.1. The van der Waals surface area contributed by atoms with E-state index in [-0.39, 0.29) is 30.1 Å². The molecule has 2 aromatic heterocycles. The predicted molar refractivity (Wildman–Crippen MR) is 139 cm³/mol. The van der Waals surface area contributed by atoms with E-state index < -0.39 is 0 Å². The van der Waals surface area contributed by atoms with Gasteiger partial charge in [-0.25, -0.2) is 4.98 Å². The molecule has 2 aromatic carbocycles. The molecule has 0 saturated carbocycles. The van der Waals surface area contributed by atoms with Crippen molar-refractivity contribution in [2.45, 2.75) is 37.1 Å². The van der Waals surface area contributed by atoms with Crippen molar-refractivity contribution in [2.75, 3.05) is 19.8 Å². The van der Waals surface area contributed by atoms with Gasteiger partial charge in [0, 0.05) is 31.1 Å². The molecule has 2 N–H and O–H groups in total. The van der Waals surface area contributed by atoms with Gasteiger partial charge in [0.15, 0.2) is 11.8 Å². The molecule has 4 atom stereocenters. The lowest BCUT2D eigenvalue weighted by Crippen LogP contribution is -2.32. The third-order valence-corrected chi connectivity index (χ3v) is 7.73. The lowest BCUT2D eigenvalue weighted by molar-refractivity contribution is -0.119. The number of H-pyrrole nitrogens is 1. The van der Waals surface area contributed by atoms with Crippen molar-refractivity contribution in [2.24, 2.45) is 0 Å². The van der Waals surface area contributed by atoms with E-state index in [9.17, 15) is 4.79 Å². The maximum absolute atomic E-state index is 11.5. The zero-order valence-electron chi connectivity index (χ0n) is 19.9. The molecule has 3 fully saturated rings.